The Hall–Kier alpha value is -0.340. The van der Waals surface area contributed by atoms with E-state index in [9.17, 15) is 0 Å². The van der Waals surface area contributed by atoms with Crippen molar-refractivity contribution in [3.8, 4) is 0 Å². The lowest BCUT2D eigenvalue weighted by atomic mass is 10.2. The van der Waals surface area contributed by atoms with Gasteiger partial charge in [-0.3, -0.25) is 0 Å². The summed E-state index contributed by atoms with van der Waals surface area (Å²) in [6.45, 7) is 8.46. The molecule has 0 aromatic heterocycles. The number of nitrogens with one attached hydrogen (secondary N) is 1. The highest BCUT2D eigenvalue weighted by Crippen LogP contribution is 1.99. The van der Waals surface area contributed by atoms with Gasteiger partial charge in [-0.2, -0.15) is 0 Å². The lowest BCUT2D eigenvalue weighted by molar-refractivity contribution is -0.00372. The molecule has 1 rings (SSSR count). The van der Waals surface area contributed by atoms with E-state index in [1.165, 1.54) is 5.57 Å². The van der Waals surface area contributed by atoms with Gasteiger partial charge in [-0.25, -0.2) is 0 Å². The maximum atomic E-state index is 4.97. The van der Waals surface area contributed by atoms with Crippen LogP contribution >= 0.6 is 0 Å². The molecule has 0 saturated carbocycles. The Balaban J connectivity index is 1.97. The molecule has 0 bridgehead atoms. The van der Waals surface area contributed by atoms with Crippen LogP contribution in [0.15, 0.2) is 12.2 Å². The van der Waals surface area contributed by atoms with Crippen molar-refractivity contribution >= 4 is 0 Å². The number of hydrogen-bond acceptors (Lipinski definition) is 2. The normalized spacial score (nSPS) is 19.2. The van der Waals surface area contributed by atoms with Gasteiger partial charge in [0, 0.05) is 6.54 Å². The van der Waals surface area contributed by atoms with Crippen LogP contribution in [0.25, 0.3) is 0 Å². The van der Waals surface area contributed by atoms with Crippen LogP contribution in [0.4, 0.5) is 0 Å². The zero-order valence-corrected chi connectivity index (χ0v) is 5.81. The molecule has 1 saturated heterocycles. The Morgan fingerprint density at radius 2 is 2.44 bits per heavy atom. The van der Waals surface area contributed by atoms with Gasteiger partial charge < -0.3 is 10.1 Å². The molecule has 1 aliphatic heterocycles. The second-order valence-electron chi connectivity index (χ2n) is 2.57. The summed E-state index contributed by atoms with van der Waals surface area (Å²) in [6.07, 6.45) is 0. The van der Waals surface area contributed by atoms with E-state index in [0.29, 0.717) is 6.04 Å². The fourth-order valence-corrected chi connectivity index (χ4v) is 0.672. The SMILES string of the molecule is C=C(C)CNC1COC1. The second-order valence-corrected chi connectivity index (χ2v) is 2.57. The average molecular weight is 127 g/mol. The van der Waals surface area contributed by atoms with Gasteiger partial charge in [0.25, 0.3) is 0 Å². The van der Waals surface area contributed by atoms with Crippen LogP contribution in [0.5, 0.6) is 0 Å². The van der Waals surface area contributed by atoms with Crippen LogP contribution in [0.3, 0.4) is 0 Å². The molecule has 1 heterocycles. The minimum Gasteiger partial charge on any atom is -0.378 e. The summed E-state index contributed by atoms with van der Waals surface area (Å²) in [5, 5.41) is 3.29. The van der Waals surface area contributed by atoms with Crippen molar-refractivity contribution in [2.45, 2.75) is 13.0 Å². The van der Waals surface area contributed by atoms with Crippen molar-refractivity contribution in [3.63, 3.8) is 0 Å². The van der Waals surface area contributed by atoms with E-state index in [-0.39, 0.29) is 0 Å². The maximum Gasteiger partial charge on any atom is 0.0643 e. The first kappa shape index (κ1) is 6.78. The summed E-state index contributed by atoms with van der Waals surface area (Å²) in [5.41, 5.74) is 1.18. The van der Waals surface area contributed by atoms with Crippen molar-refractivity contribution in [2.75, 3.05) is 19.8 Å². The average Bonchev–Trinajstić information content (AvgIpc) is 1.60. The molecule has 9 heavy (non-hydrogen) atoms. The lowest BCUT2D eigenvalue weighted by Gasteiger charge is -2.26. The van der Waals surface area contributed by atoms with Gasteiger partial charge in [-0.15, -0.1) is 0 Å². The third kappa shape index (κ3) is 2.16. The predicted molar refractivity (Wildman–Crippen MR) is 37.4 cm³/mol. The van der Waals surface area contributed by atoms with E-state index in [4.69, 9.17) is 4.74 Å². The van der Waals surface area contributed by atoms with Gasteiger partial charge >= 0.3 is 0 Å². The molecule has 0 aliphatic carbocycles. The standard InChI is InChI=1S/C7H13NO/c1-6(2)3-8-7-4-9-5-7/h7-8H,1,3-5H2,2H3. The highest BCUT2D eigenvalue weighted by molar-refractivity contribution is 4.92. The minimum absolute atomic E-state index is 0.585. The van der Waals surface area contributed by atoms with Gasteiger partial charge in [0.05, 0.1) is 19.3 Å². The minimum atomic E-state index is 0.585. The Kier molecular flexibility index (Phi) is 2.25. The molecule has 0 spiro atoms. The van der Waals surface area contributed by atoms with Crippen LogP contribution < -0.4 is 5.32 Å². The van der Waals surface area contributed by atoms with Crippen molar-refractivity contribution in [3.05, 3.63) is 12.2 Å². The quantitative estimate of drug-likeness (QED) is 0.559. The first-order valence-corrected chi connectivity index (χ1v) is 3.24. The molecule has 0 aromatic rings. The van der Waals surface area contributed by atoms with Crippen molar-refractivity contribution in [2.24, 2.45) is 0 Å². The van der Waals surface area contributed by atoms with Gasteiger partial charge in [0.1, 0.15) is 0 Å². The van der Waals surface area contributed by atoms with E-state index in [1.54, 1.807) is 0 Å². The summed E-state index contributed by atoms with van der Waals surface area (Å²) >= 11 is 0. The Morgan fingerprint density at radius 1 is 1.78 bits per heavy atom. The van der Waals surface area contributed by atoms with Crippen LogP contribution in [0.1, 0.15) is 6.92 Å². The van der Waals surface area contributed by atoms with Crippen LogP contribution in [-0.4, -0.2) is 25.8 Å². The number of ether oxygens (including phenoxy) is 1. The van der Waals surface area contributed by atoms with E-state index in [2.05, 4.69) is 11.9 Å². The van der Waals surface area contributed by atoms with E-state index < -0.39 is 0 Å². The van der Waals surface area contributed by atoms with Gasteiger partial charge in [0.15, 0.2) is 0 Å². The fourth-order valence-electron chi connectivity index (χ4n) is 0.672. The molecule has 0 aromatic carbocycles. The zero-order chi connectivity index (χ0) is 6.69. The Labute approximate surface area is 55.9 Å². The van der Waals surface area contributed by atoms with Crippen LogP contribution in [-0.2, 0) is 4.74 Å². The molecule has 1 fully saturated rings. The monoisotopic (exact) mass is 127 g/mol. The number of hydrogen-bond donors (Lipinski definition) is 1. The lowest BCUT2D eigenvalue weighted by Crippen LogP contribution is -2.46. The van der Waals surface area contributed by atoms with E-state index >= 15 is 0 Å². The highest BCUT2D eigenvalue weighted by atomic mass is 16.5. The van der Waals surface area contributed by atoms with Crippen LogP contribution in [0, 0.1) is 0 Å². The molecule has 1 N–H and O–H groups in total. The predicted octanol–water partition coefficient (Wildman–Crippen LogP) is 0.551. The van der Waals surface area contributed by atoms with Gasteiger partial charge in [-0.05, 0) is 6.92 Å². The topological polar surface area (TPSA) is 21.3 Å². The summed E-state index contributed by atoms with van der Waals surface area (Å²) < 4.78 is 4.97. The van der Waals surface area contributed by atoms with Crippen molar-refractivity contribution in [1.82, 2.24) is 5.32 Å². The molecule has 2 heteroatoms. The molecule has 2 nitrogen and oxygen atoms in total. The summed E-state index contributed by atoms with van der Waals surface area (Å²) in [6, 6.07) is 0.585. The molecular weight excluding hydrogens is 114 g/mol. The van der Waals surface area contributed by atoms with Gasteiger partial charge in [-0.1, -0.05) is 12.2 Å². The van der Waals surface area contributed by atoms with Crippen LogP contribution in [0.2, 0.25) is 0 Å². The molecule has 52 valence electrons. The highest BCUT2D eigenvalue weighted by Gasteiger charge is 2.16. The summed E-state index contributed by atoms with van der Waals surface area (Å²) in [7, 11) is 0. The van der Waals surface area contributed by atoms with Crippen molar-refractivity contribution in [1.29, 1.82) is 0 Å². The molecule has 0 atom stereocenters. The molecule has 1 aliphatic rings. The van der Waals surface area contributed by atoms with Crippen molar-refractivity contribution < 1.29 is 4.74 Å². The first-order chi connectivity index (χ1) is 4.29. The second kappa shape index (κ2) is 2.99. The Morgan fingerprint density at radius 3 is 2.78 bits per heavy atom. The molecule has 0 amide bonds. The summed E-state index contributed by atoms with van der Waals surface area (Å²) in [4.78, 5) is 0. The molecule has 0 unspecified atom stereocenters. The summed E-state index contributed by atoms with van der Waals surface area (Å²) in [5.74, 6) is 0. The molecular formula is C7H13NO. The zero-order valence-electron chi connectivity index (χ0n) is 5.81. The maximum absolute atomic E-state index is 4.97. The smallest absolute Gasteiger partial charge is 0.0643 e. The fraction of sp³-hybridized carbons (Fsp3) is 0.714. The molecule has 0 radical (unpaired) electrons. The largest absolute Gasteiger partial charge is 0.378 e. The number of rotatable bonds is 3. The first-order valence-electron chi connectivity index (χ1n) is 3.24. The third-order valence-electron chi connectivity index (χ3n) is 1.33. The third-order valence-corrected chi connectivity index (χ3v) is 1.33. The van der Waals surface area contributed by atoms with E-state index in [1.807, 2.05) is 6.92 Å². The van der Waals surface area contributed by atoms with Gasteiger partial charge in [0.2, 0.25) is 0 Å². The Bertz CT molecular complexity index is 107. The van der Waals surface area contributed by atoms with E-state index in [0.717, 1.165) is 19.8 Å².